The van der Waals surface area contributed by atoms with Crippen molar-refractivity contribution in [2.45, 2.75) is 30.9 Å². The molecule has 2 N–H and O–H groups in total. The molecular weight excluding hydrogens is 200 g/mol. The van der Waals surface area contributed by atoms with Crippen molar-refractivity contribution in [1.82, 2.24) is 0 Å². The minimum atomic E-state index is -1.73. The highest BCUT2D eigenvalue weighted by Crippen LogP contribution is 2.28. The summed E-state index contributed by atoms with van der Waals surface area (Å²) in [4.78, 5) is 10.7. The Morgan fingerprint density at radius 2 is 1.70 bits per heavy atom. The van der Waals surface area contributed by atoms with Crippen LogP contribution in [0.1, 0.15) is 20.8 Å². The van der Waals surface area contributed by atoms with Gasteiger partial charge in [0.05, 0.1) is 0 Å². The second-order valence-corrected chi connectivity index (χ2v) is 4.13. The third kappa shape index (κ3) is 1.78. The molecule has 0 rings (SSSR count). The van der Waals surface area contributed by atoms with Crippen molar-refractivity contribution in [2.24, 2.45) is 0 Å². The Morgan fingerprint density at radius 1 is 1.40 bits per heavy atom. The van der Waals surface area contributed by atoms with Crippen LogP contribution in [0.25, 0.3) is 0 Å². The first kappa shape index (κ1) is 10.1. The molecule has 0 heterocycles. The van der Waals surface area contributed by atoms with Gasteiger partial charge in [-0.3, -0.25) is 4.79 Å². The number of aliphatic hydroxyl groups is 2. The van der Waals surface area contributed by atoms with Crippen molar-refractivity contribution in [1.29, 1.82) is 0 Å². The number of carbonyl (C=O) groups is 1. The van der Waals surface area contributed by atoms with Crippen LogP contribution in [-0.4, -0.2) is 26.1 Å². The molecule has 4 heteroatoms. The van der Waals surface area contributed by atoms with E-state index in [-0.39, 0.29) is 0 Å². The summed E-state index contributed by atoms with van der Waals surface area (Å²) in [5.74, 6) is -0.477. The van der Waals surface area contributed by atoms with Gasteiger partial charge in [0.25, 0.3) is 0 Å². The molecule has 0 amide bonds. The molecule has 0 aromatic rings. The van der Waals surface area contributed by atoms with Crippen LogP contribution in [0.4, 0.5) is 0 Å². The molecule has 10 heavy (non-hydrogen) atoms. The molecule has 0 saturated carbocycles. The molecular formula is C6H11BrO3. The van der Waals surface area contributed by atoms with Crippen LogP contribution in [-0.2, 0) is 4.79 Å². The van der Waals surface area contributed by atoms with Gasteiger partial charge in [0.1, 0.15) is 0 Å². The van der Waals surface area contributed by atoms with E-state index in [4.69, 9.17) is 5.11 Å². The standard InChI is InChI=1S/C6H11BrO3/c1-4(8)5(2,9)6(3,7)10/h9-10H,1-3H3/t5-,6+/m0/s1. The molecule has 0 aromatic carbocycles. The van der Waals surface area contributed by atoms with Crippen LogP contribution in [0, 0.1) is 0 Å². The molecule has 0 saturated heterocycles. The zero-order chi connectivity index (χ0) is 8.58. The summed E-state index contributed by atoms with van der Waals surface area (Å²) in [6.45, 7) is 3.79. The summed E-state index contributed by atoms with van der Waals surface area (Å²) in [6.07, 6.45) is 0. The fraction of sp³-hybridized carbons (Fsp3) is 0.833. The maximum Gasteiger partial charge on any atom is 0.164 e. The lowest BCUT2D eigenvalue weighted by Crippen LogP contribution is -2.50. The Kier molecular flexibility index (Phi) is 2.62. The minimum Gasteiger partial charge on any atom is -0.378 e. The van der Waals surface area contributed by atoms with Gasteiger partial charge in [0.2, 0.25) is 0 Å². The van der Waals surface area contributed by atoms with Crippen LogP contribution in [0.15, 0.2) is 0 Å². The second kappa shape index (κ2) is 2.60. The Hall–Kier alpha value is 0.0700. The molecule has 0 aliphatic rings. The number of hydrogen-bond acceptors (Lipinski definition) is 3. The van der Waals surface area contributed by atoms with Crippen molar-refractivity contribution in [3.63, 3.8) is 0 Å². The predicted octanol–water partition coefficient (Wildman–Crippen LogP) is 0.430. The van der Waals surface area contributed by atoms with Gasteiger partial charge in [-0.25, -0.2) is 0 Å². The van der Waals surface area contributed by atoms with Gasteiger partial charge in [-0.15, -0.1) is 0 Å². The number of rotatable bonds is 2. The molecule has 0 radical (unpaired) electrons. The van der Waals surface area contributed by atoms with Gasteiger partial charge in [0, 0.05) is 0 Å². The topological polar surface area (TPSA) is 57.5 Å². The number of carbonyl (C=O) groups excluding carboxylic acids is 1. The summed E-state index contributed by atoms with van der Waals surface area (Å²) in [5, 5.41) is 18.4. The molecule has 0 bridgehead atoms. The number of halogens is 1. The summed E-state index contributed by atoms with van der Waals surface area (Å²) >= 11 is 2.79. The van der Waals surface area contributed by atoms with E-state index in [0.29, 0.717) is 0 Å². The number of alkyl halides is 1. The number of Topliss-reactive ketones (excluding diaryl/α,β-unsaturated/α-hetero) is 1. The molecule has 0 fully saturated rings. The normalized spacial score (nSPS) is 23.0. The highest BCUT2D eigenvalue weighted by molar-refractivity contribution is 9.10. The fourth-order valence-corrected chi connectivity index (χ4v) is 0.600. The maximum atomic E-state index is 10.7. The fourth-order valence-electron chi connectivity index (χ4n) is 0.321. The lowest BCUT2D eigenvalue weighted by molar-refractivity contribution is -0.146. The van der Waals surface area contributed by atoms with E-state index in [0.717, 1.165) is 0 Å². The molecule has 60 valence electrons. The Balaban J connectivity index is 4.57. The van der Waals surface area contributed by atoms with E-state index in [1.165, 1.54) is 20.8 Å². The SMILES string of the molecule is CC(=O)[C@](C)(O)[C@@](C)(O)Br. The summed E-state index contributed by atoms with van der Waals surface area (Å²) < 4.78 is -1.56. The van der Waals surface area contributed by atoms with Crippen molar-refractivity contribution in [2.75, 3.05) is 0 Å². The highest BCUT2D eigenvalue weighted by Gasteiger charge is 2.43. The van der Waals surface area contributed by atoms with Gasteiger partial charge in [-0.1, -0.05) is 15.9 Å². The van der Waals surface area contributed by atoms with E-state index in [1.54, 1.807) is 0 Å². The van der Waals surface area contributed by atoms with Gasteiger partial charge >= 0.3 is 0 Å². The molecule has 3 nitrogen and oxygen atoms in total. The first-order chi connectivity index (χ1) is 4.19. The van der Waals surface area contributed by atoms with Crippen LogP contribution in [0.5, 0.6) is 0 Å². The third-order valence-corrected chi connectivity index (χ3v) is 2.35. The zero-order valence-corrected chi connectivity index (χ0v) is 7.77. The molecule has 0 aliphatic heterocycles. The molecule has 2 atom stereocenters. The van der Waals surface area contributed by atoms with Crippen LogP contribution >= 0.6 is 15.9 Å². The van der Waals surface area contributed by atoms with Crippen molar-refractivity contribution in [3.8, 4) is 0 Å². The van der Waals surface area contributed by atoms with Crippen molar-refractivity contribution < 1.29 is 15.0 Å². The number of hydrogen-bond donors (Lipinski definition) is 2. The quantitative estimate of drug-likeness (QED) is 0.651. The average Bonchev–Trinajstić information content (AvgIpc) is 1.62. The maximum absolute atomic E-state index is 10.7. The molecule has 0 aromatic heterocycles. The summed E-state index contributed by atoms with van der Waals surface area (Å²) in [7, 11) is 0. The molecule has 0 spiro atoms. The Bertz CT molecular complexity index is 146. The third-order valence-electron chi connectivity index (χ3n) is 1.57. The number of ketones is 1. The second-order valence-electron chi connectivity index (χ2n) is 2.58. The van der Waals surface area contributed by atoms with Gasteiger partial charge in [-0.05, 0) is 20.8 Å². The van der Waals surface area contributed by atoms with E-state index in [2.05, 4.69) is 15.9 Å². The monoisotopic (exact) mass is 210 g/mol. The highest BCUT2D eigenvalue weighted by atomic mass is 79.9. The summed E-state index contributed by atoms with van der Waals surface area (Å²) in [5.41, 5.74) is -1.73. The van der Waals surface area contributed by atoms with E-state index >= 15 is 0 Å². The van der Waals surface area contributed by atoms with E-state index in [1.807, 2.05) is 0 Å². The van der Waals surface area contributed by atoms with Crippen molar-refractivity contribution in [3.05, 3.63) is 0 Å². The van der Waals surface area contributed by atoms with E-state index < -0.39 is 15.9 Å². The van der Waals surface area contributed by atoms with Gasteiger partial charge in [-0.2, -0.15) is 0 Å². The largest absolute Gasteiger partial charge is 0.378 e. The van der Waals surface area contributed by atoms with Gasteiger partial charge < -0.3 is 10.2 Å². The lowest BCUT2D eigenvalue weighted by Gasteiger charge is -2.30. The van der Waals surface area contributed by atoms with Crippen LogP contribution < -0.4 is 0 Å². The Morgan fingerprint density at radius 3 is 1.70 bits per heavy atom. The summed E-state index contributed by atoms with van der Waals surface area (Å²) in [6, 6.07) is 0. The molecule has 0 unspecified atom stereocenters. The molecule has 0 aliphatic carbocycles. The van der Waals surface area contributed by atoms with Crippen molar-refractivity contribution >= 4 is 21.7 Å². The predicted molar refractivity (Wildman–Crippen MR) is 40.9 cm³/mol. The first-order valence-corrected chi connectivity index (χ1v) is 3.63. The van der Waals surface area contributed by atoms with E-state index in [9.17, 15) is 9.90 Å². The smallest absolute Gasteiger partial charge is 0.164 e. The van der Waals surface area contributed by atoms with Gasteiger partial charge in [0.15, 0.2) is 15.9 Å². The lowest BCUT2D eigenvalue weighted by atomic mass is 9.96. The Labute approximate surface area is 68.2 Å². The van der Waals surface area contributed by atoms with Crippen LogP contribution in [0.3, 0.4) is 0 Å². The average molecular weight is 211 g/mol. The zero-order valence-electron chi connectivity index (χ0n) is 6.18. The van der Waals surface area contributed by atoms with Crippen LogP contribution in [0.2, 0.25) is 0 Å². The minimum absolute atomic E-state index is 0.477. The first-order valence-electron chi connectivity index (χ1n) is 2.84.